The fraction of sp³-hybridized carbons (Fsp3) is 0.190. The van der Waals surface area contributed by atoms with Crippen LogP contribution in [0.15, 0.2) is 53.8 Å². The number of halogens is 2. The van der Waals surface area contributed by atoms with E-state index >= 15 is 0 Å². The van der Waals surface area contributed by atoms with E-state index in [9.17, 15) is 4.39 Å². The van der Waals surface area contributed by atoms with E-state index in [1.165, 1.54) is 6.20 Å². The summed E-state index contributed by atoms with van der Waals surface area (Å²) in [6.45, 7) is 0.678. The zero-order valence-corrected chi connectivity index (χ0v) is 16.0. The van der Waals surface area contributed by atoms with Crippen molar-refractivity contribution in [1.29, 1.82) is 0 Å². The zero-order valence-electron chi connectivity index (χ0n) is 15.2. The van der Waals surface area contributed by atoms with E-state index in [1.54, 1.807) is 36.5 Å². The molecule has 2 aromatic heterocycles. The average molecular weight is 411 g/mol. The van der Waals surface area contributed by atoms with Crippen molar-refractivity contribution in [3.05, 3.63) is 71.0 Å². The molecule has 0 aliphatic carbocycles. The van der Waals surface area contributed by atoms with Crippen LogP contribution in [0.3, 0.4) is 0 Å². The van der Waals surface area contributed by atoms with Crippen molar-refractivity contribution in [2.75, 3.05) is 13.2 Å². The molecule has 8 heteroatoms. The fourth-order valence-corrected chi connectivity index (χ4v) is 4.07. The molecule has 0 saturated carbocycles. The number of aromatic nitrogens is 2. The van der Waals surface area contributed by atoms with Gasteiger partial charge in [-0.05, 0) is 35.9 Å². The minimum atomic E-state index is -0.870. The van der Waals surface area contributed by atoms with Gasteiger partial charge in [0.2, 0.25) is 5.95 Å². The molecule has 0 radical (unpaired) electrons. The van der Waals surface area contributed by atoms with Crippen molar-refractivity contribution in [1.82, 2.24) is 9.97 Å². The van der Waals surface area contributed by atoms with Crippen LogP contribution in [0.5, 0.6) is 11.5 Å². The molecule has 0 fully saturated rings. The van der Waals surface area contributed by atoms with Crippen LogP contribution in [0.25, 0.3) is 11.1 Å². The van der Waals surface area contributed by atoms with Gasteiger partial charge in [0.1, 0.15) is 28.9 Å². The molecule has 5 rings (SSSR count). The Bertz CT molecular complexity index is 1150. The standard InChI is InChI=1S/C21H16ClFN4O2/c22-18-9-15-17(10-26-18)29-16-4-3-12(13-2-1-6-25-20(13)23)8-14(16)21(15)5-7-28-11-19(24)27-21/h1-4,6,8-10H,5,7,11H2,(H2,24,27)/t21-/m0/s1. The lowest BCUT2D eigenvalue weighted by Gasteiger charge is -2.37. The molecule has 4 heterocycles. The number of benzene rings is 1. The SMILES string of the molecule is NC1=N[C@@]2(CCOC1)c1cc(-c3cccnc3F)ccc1Oc1cnc(Cl)cc12. The number of pyridine rings is 2. The molecule has 2 aliphatic rings. The summed E-state index contributed by atoms with van der Waals surface area (Å²) in [6.07, 6.45) is 3.52. The molecular weight excluding hydrogens is 395 g/mol. The highest BCUT2D eigenvalue weighted by Crippen LogP contribution is 2.52. The molecule has 2 aliphatic heterocycles. The predicted molar refractivity (Wildman–Crippen MR) is 107 cm³/mol. The molecule has 6 nitrogen and oxygen atoms in total. The van der Waals surface area contributed by atoms with E-state index in [0.717, 1.165) is 11.1 Å². The van der Waals surface area contributed by atoms with Crippen molar-refractivity contribution in [2.45, 2.75) is 12.0 Å². The molecule has 1 spiro atoms. The summed E-state index contributed by atoms with van der Waals surface area (Å²) in [4.78, 5) is 12.7. The van der Waals surface area contributed by atoms with E-state index in [1.807, 2.05) is 6.07 Å². The highest BCUT2D eigenvalue weighted by Gasteiger charge is 2.44. The summed E-state index contributed by atoms with van der Waals surface area (Å²) in [5.74, 6) is 0.985. The molecule has 0 unspecified atom stereocenters. The number of amidine groups is 1. The average Bonchev–Trinajstić information content (AvgIpc) is 2.91. The molecule has 0 saturated heterocycles. The normalized spacial score (nSPS) is 20.3. The van der Waals surface area contributed by atoms with E-state index < -0.39 is 11.5 Å². The maximum Gasteiger partial charge on any atom is 0.220 e. The van der Waals surface area contributed by atoms with Gasteiger partial charge in [-0.1, -0.05) is 17.7 Å². The Labute approximate surface area is 171 Å². The third kappa shape index (κ3) is 2.94. The van der Waals surface area contributed by atoms with Gasteiger partial charge in [-0.2, -0.15) is 4.39 Å². The molecule has 29 heavy (non-hydrogen) atoms. The van der Waals surface area contributed by atoms with Crippen molar-refractivity contribution in [3.63, 3.8) is 0 Å². The van der Waals surface area contributed by atoms with Crippen molar-refractivity contribution in [3.8, 4) is 22.6 Å². The molecule has 146 valence electrons. The number of ether oxygens (including phenoxy) is 2. The van der Waals surface area contributed by atoms with Crippen LogP contribution in [0.1, 0.15) is 17.5 Å². The van der Waals surface area contributed by atoms with Crippen LogP contribution in [0.4, 0.5) is 4.39 Å². The van der Waals surface area contributed by atoms with Crippen LogP contribution in [0, 0.1) is 5.95 Å². The highest BCUT2D eigenvalue weighted by molar-refractivity contribution is 6.29. The van der Waals surface area contributed by atoms with Crippen LogP contribution in [-0.4, -0.2) is 29.0 Å². The maximum atomic E-state index is 14.3. The first-order valence-corrected chi connectivity index (χ1v) is 9.46. The molecule has 3 aromatic rings. The van der Waals surface area contributed by atoms with Crippen LogP contribution in [0.2, 0.25) is 5.15 Å². The van der Waals surface area contributed by atoms with Gasteiger partial charge < -0.3 is 15.2 Å². The van der Waals surface area contributed by atoms with Crippen LogP contribution >= 0.6 is 11.6 Å². The number of rotatable bonds is 1. The Morgan fingerprint density at radius 3 is 2.83 bits per heavy atom. The number of fused-ring (bicyclic) bond motifs is 4. The second-order valence-corrected chi connectivity index (χ2v) is 7.31. The Kier molecular flexibility index (Phi) is 4.22. The summed E-state index contributed by atoms with van der Waals surface area (Å²) < 4.78 is 26.0. The minimum absolute atomic E-state index is 0.239. The predicted octanol–water partition coefficient (Wildman–Crippen LogP) is 4.06. The summed E-state index contributed by atoms with van der Waals surface area (Å²) in [5.41, 5.74) is 7.84. The Morgan fingerprint density at radius 2 is 1.97 bits per heavy atom. The molecule has 1 atom stereocenters. The van der Waals surface area contributed by atoms with Crippen molar-refractivity contribution < 1.29 is 13.9 Å². The first kappa shape index (κ1) is 18.0. The monoisotopic (exact) mass is 410 g/mol. The second kappa shape index (κ2) is 6.79. The van der Waals surface area contributed by atoms with Gasteiger partial charge in [-0.15, -0.1) is 0 Å². The Hall–Kier alpha value is -3.03. The number of nitrogens with two attached hydrogens (primary N) is 1. The number of hydrogen-bond acceptors (Lipinski definition) is 6. The Morgan fingerprint density at radius 1 is 1.10 bits per heavy atom. The van der Waals surface area contributed by atoms with E-state index in [2.05, 4.69) is 9.97 Å². The summed E-state index contributed by atoms with van der Waals surface area (Å²) in [5, 5.41) is 0.323. The molecule has 0 bridgehead atoms. The van der Waals surface area contributed by atoms with Gasteiger partial charge in [0.05, 0.1) is 12.8 Å². The van der Waals surface area contributed by atoms with Crippen LogP contribution in [-0.2, 0) is 10.3 Å². The van der Waals surface area contributed by atoms with Crippen molar-refractivity contribution >= 4 is 17.4 Å². The lowest BCUT2D eigenvalue weighted by molar-refractivity contribution is 0.160. The fourth-order valence-electron chi connectivity index (χ4n) is 3.92. The van der Waals surface area contributed by atoms with Gasteiger partial charge in [0, 0.05) is 29.3 Å². The van der Waals surface area contributed by atoms with E-state index in [0.29, 0.717) is 46.6 Å². The largest absolute Gasteiger partial charge is 0.455 e. The quantitative estimate of drug-likeness (QED) is 0.611. The zero-order chi connectivity index (χ0) is 20.0. The number of aliphatic imine (C=N–C) groups is 1. The van der Waals surface area contributed by atoms with Gasteiger partial charge >= 0.3 is 0 Å². The van der Waals surface area contributed by atoms with E-state index in [-0.39, 0.29) is 6.61 Å². The lowest BCUT2D eigenvalue weighted by Crippen LogP contribution is -2.32. The van der Waals surface area contributed by atoms with Gasteiger partial charge in [0.25, 0.3) is 0 Å². The van der Waals surface area contributed by atoms with Gasteiger partial charge in [-0.3, -0.25) is 4.99 Å². The summed E-state index contributed by atoms with van der Waals surface area (Å²) in [6, 6.07) is 10.6. The summed E-state index contributed by atoms with van der Waals surface area (Å²) in [7, 11) is 0. The number of hydrogen-bond donors (Lipinski definition) is 1. The molecule has 0 amide bonds. The highest BCUT2D eigenvalue weighted by atomic mass is 35.5. The smallest absolute Gasteiger partial charge is 0.220 e. The Balaban J connectivity index is 1.78. The molecule has 1 aromatic carbocycles. The maximum absolute atomic E-state index is 14.3. The van der Waals surface area contributed by atoms with Gasteiger partial charge in [-0.25, -0.2) is 9.97 Å². The van der Waals surface area contributed by atoms with Crippen LogP contribution < -0.4 is 10.5 Å². The second-order valence-electron chi connectivity index (χ2n) is 6.92. The topological polar surface area (TPSA) is 82.6 Å². The van der Waals surface area contributed by atoms with Crippen molar-refractivity contribution in [2.24, 2.45) is 10.7 Å². The molecule has 2 N–H and O–H groups in total. The molecular formula is C21H16ClFN4O2. The summed E-state index contributed by atoms with van der Waals surface area (Å²) >= 11 is 6.20. The first-order valence-electron chi connectivity index (χ1n) is 9.08. The third-order valence-corrected chi connectivity index (χ3v) is 5.39. The first-order chi connectivity index (χ1) is 14.1. The van der Waals surface area contributed by atoms with Gasteiger partial charge in [0.15, 0.2) is 5.75 Å². The van der Waals surface area contributed by atoms with E-state index in [4.69, 9.17) is 31.8 Å². The minimum Gasteiger partial charge on any atom is -0.455 e. The lowest BCUT2D eigenvalue weighted by atomic mass is 9.78. The number of nitrogens with zero attached hydrogens (tertiary/aromatic N) is 3. The third-order valence-electron chi connectivity index (χ3n) is 5.19.